The Morgan fingerprint density at radius 3 is 2.07 bits per heavy atom. The van der Waals surface area contributed by atoms with Crippen LogP contribution in [0.3, 0.4) is 0 Å². The van der Waals surface area contributed by atoms with Crippen LogP contribution < -0.4 is 0 Å². The lowest BCUT2D eigenvalue weighted by Crippen LogP contribution is -2.37. The van der Waals surface area contributed by atoms with Gasteiger partial charge in [0.05, 0.1) is 0 Å². The Balaban J connectivity index is 3.66. The molecule has 0 radical (unpaired) electrons. The van der Waals surface area contributed by atoms with Gasteiger partial charge in [0.15, 0.2) is 0 Å². The van der Waals surface area contributed by atoms with Gasteiger partial charge in [0, 0.05) is 6.04 Å². The molecule has 0 aliphatic carbocycles. The van der Waals surface area contributed by atoms with Crippen molar-refractivity contribution in [2.24, 2.45) is 0 Å². The van der Waals surface area contributed by atoms with Crippen molar-refractivity contribution in [3.05, 3.63) is 0 Å². The minimum Gasteiger partial charge on any atom is -0.379 e. The van der Waals surface area contributed by atoms with E-state index in [1.807, 2.05) is 18.9 Å². The standard InChI is InChI=1S/C12H28N2O/c1-6-14(7-2)10-8-9-11(3)13(5)12(4)15/h11-12,15H,6-10H2,1-5H3. The number of hydrogen-bond acceptors (Lipinski definition) is 3. The molecule has 0 aromatic carbocycles. The van der Waals surface area contributed by atoms with Gasteiger partial charge in [0.25, 0.3) is 0 Å². The quantitative estimate of drug-likeness (QED) is 0.626. The third kappa shape index (κ3) is 6.13. The van der Waals surface area contributed by atoms with E-state index in [0.717, 1.165) is 19.5 Å². The molecule has 3 nitrogen and oxygen atoms in total. The molecule has 0 spiro atoms. The summed E-state index contributed by atoms with van der Waals surface area (Å²) in [6, 6.07) is 0.459. The van der Waals surface area contributed by atoms with Gasteiger partial charge in [-0.05, 0) is 53.4 Å². The van der Waals surface area contributed by atoms with Crippen molar-refractivity contribution in [1.29, 1.82) is 0 Å². The summed E-state index contributed by atoms with van der Waals surface area (Å²) >= 11 is 0. The Morgan fingerprint density at radius 2 is 1.67 bits per heavy atom. The molecular formula is C12H28N2O. The smallest absolute Gasteiger partial charge is 0.104 e. The average Bonchev–Trinajstić information content (AvgIpc) is 2.22. The SMILES string of the molecule is CCN(CC)CCCC(C)N(C)C(C)O. The lowest BCUT2D eigenvalue weighted by atomic mass is 10.1. The normalized spacial score (nSPS) is 16.0. The molecule has 0 amide bonds. The Hall–Kier alpha value is -0.120. The first kappa shape index (κ1) is 14.9. The summed E-state index contributed by atoms with van der Waals surface area (Å²) in [5.41, 5.74) is 0. The summed E-state index contributed by atoms with van der Waals surface area (Å²) in [4.78, 5) is 4.46. The topological polar surface area (TPSA) is 26.7 Å². The van der Waals surface area contributed by atoms with E-state index < -0.39 is 0 Å². The molecule has 3 heteroatoms. The van der Waals surface area contributed by atoms with Gasteiger partial charge in [0.1, 0.15) is 6.23 Å². The minimum absolute atomic E-state index is 0.339. The number of hydrogen-bond donors (Lipinski definition) is 1. The van der Waals surface area contributed by atoms with E-state index in [1.165, 1.54) is 13.0 Å². The molecule has 0 aromatic heterocycles. The van der Waals surface area contributed by atoms with E-state index in [-0.39, 0.29) is 6.23 Å². The molecule has 0 saturated carbocycles. The molecule has 1 N–H and O–H groups in total. The third-order valence-electron chi connectivity index (χ3n) is 3.28. The first-order chi connectivity index (χ1) is 7.02. The fraction of sp³-hybridized carbons (Fsp3) is 1.00. The van der Waals surface area contributed by atoms with E-state index in [1.54, 1.807) is 0 Å². The second-order valence-electron chi connectivity index (χ2n) is 4.32. The van der Waals surface area contributed by atoms with Crippen LogP contribution in [0.5, 0.6) is 0 Å². The van der Waals surface area contributed by atoms with Crippen molar-refractivity contribution in [3.63, 3.8) is 0 Å². The molecule has 0 saturated heterocycles. The van der Waals surface area contributed by atoms with Crippen LogP contribution in [0.1, 0.15) is 40.5 Å². The first-order valence-corrected chi connectivity index (χ1v) is 6.15. The van der Waals surface area contributed by atoms with Gasteiger partial charge in [-0.1, -0.05) is 13.8 Å². The lowest BCUT2D eigenvalue weighted by Gasteiger charge is -2.28. The summed E-state index contributed by atoms with van der Waals surface area (Å²) < 4.78 is 0. The molecule has 15 heavy (non-hydrogen) atoms. The van der Waals surface area contributed by atoms with Crippen LogP contribution in [0.25, 0.3) is 0 Å². The zero-order valence-corrected chi connectivity index (χ0v) is 11.0. The summed E-state index contributed by atoms with van der Waals surface area (Å²) in [6.45, 7) is 11.8. The third-order valence-corrected chi connectivity index (χ3v) is 3.28. The maximum absolute atomic E-state index is 9.41. The maximum atomic E-state index is 9.41. The van der Waals surface area contributed by atoms with E-state index >= 15 is 0 Å². The Bertz CT molecular complexity index is 147. The first-order valence-electron chi connectivity index (χ1n) is 6.15. The van der Waals surface area contributed by atoms with Crippen molar-refractivity contribution >= 4 is 0 Å². The Kier molecular flexibility index (Phi) is 8.02. The van der Waals surface area contributed by atoms with Crippen LogP contribution in [0.15, 0.2) is 0 Å². The van der Waals surface area contributed by atoms with Crippen LogP contribution in [0.2, 0.25) is 0 Å². The lowest BCUT2D eigenvalue weighted by molar-refractivity contribution is 0.0101. The molecule has 0 aliphatic rings. The molecule has 2 unspecified atom stereocenters. The van der Waals surface area contributed by atoms with Crippen LogP contribution in [-0.4, -0.2) is 53.9 Å². The highest BCUT2D eigenvalue weighted by Crippen LogP contribution is 2.07. The van der Waals surface area contributed by atoms with Crippen LogP contribution in [0, 0.1) is 0 Å². The fourth-order valence-corrected chi connectivity index (χ4v) is 1.72. The number of rotatable bonds is 8. The predicted molar refractivity (Wildman–Crippen MR) is 65.9 cm³/mol. The molecule has 2 atom stereocenters. The monoisotopic (exact) mass is 216 g/mol. The van der Waals surface area contributed by atoms with Crippen molar-refractivity contribution < 1.29 is 5.11 Å². The van der Waals surface area contributed by atoms with Crippen LogP contribution >= 0.6 is 0 Å². The van der Waals surface area contributed by atoms with E-state index in [2.05, 4.69) is 25.7 Å². The second-order valence-corrected chi connectivity index (χ2v) is 4.32. The largest absolute Gasteiger partial charge is 0.379 e. The zero-order valence-electron chi connectivity index (χ0n) is 11.0. The van der Waals surface area contributed by atoms with Gasteiger partial charge in [0.2, 0.25) is 0 Å². The van der Waals surface area contributed by atoms with Gasteiger partial charge in [-0.15, -0.1) is 0 Å². The average molecular weight is 216 g/mol. The highest BCUT2D eigenvalue weighted by molar-refractivity contribution is 4.65. The Labute approximate surface area is 95.1 Å². The van der Waals surface area contributed by atoms with Gasteiger partial charge in [-0.25, -0.2) is 0 Å². The van der Waals surface area contributed by atoms with Crippen LogP contribution in [-0.2, 0) is 0 Å². The molecule has 92 valence electrons. The zero-order chi connectivity index (χ0) is 11.8. The van der Waals surface area contributed by atoms with Crippen molar-refractivity contribution in [2.45, 2.75) is 52.8 Å². The maximum Gasteiger partial charge on any atom is 0.104 e. The van der Waals surface area contributed by atoms with E-state index in [9.17, 15) is 5.11 Å². The van der Waals surface area contributed by atoms with E-state index in [4.69, 9.17) is 0 Å². The van der Waals surface area contributed by atoms with Gasteiger partial charge in [-0.2, -0.15) is 0 Å². The molecule has 0 fully saturated rings. The molecule has 0 heterocycles. The van der Waals surface area contributed by atoms with Gasteiger partial charge < -0.3 is 10.0 Å². The highest BCUT2D eigenvalue weighted by atomic mass is 16.3. The Morgan fingerprint density at radius 1 is 1.13 bits per heavy atom. The van der Waals surface area contributed by atoms with Crippen molar-refractivity contribution in [1.82, 2.24) is 9.80 Å². The molecule has 0 bridgehead atoms. The molecular weight excluding hydrogens is 188 g/mol. The summed E-state index contributed by atoms with van der Waals surface area (Å²) in [5, 5.41) is 9.41. The number of aliphatic hydroxyl groups is 1. The fourth-order valence-electron chi connectivity index (χ4n) is 1.72. The molecule has 0 rings (SSSR count). The molecule has 0 aromatic rings. The predicted octanol–water partition coefficient (Wildman–Crippen LogP) is 1.77. The van der Waals surface area contributed by atoms with Crippen molar-refractivity contribution in [3.8, 4) is 0 Å². The second kappa shape index (κ2) is 8.08. The number of aliphatic hydroxyl groups excluding tert-OH is 1. The summed E-state index contributed by atoms with van der Waals surface area (Å²) in [7, 11) is 1.98. The van der Waals surface area contributed by atoms with Crippen LogP contribution in [0.4, 0.5) is 0 Å². The van der Waals surface area contributed by atoms with Gasteiger partial charge >= 0.3 is 0 Å². The van der Waals surface area contributed by atoms with Gasteiger partial charge in [-0.3, -0.25) is 4.90 Å². The summed E-state index contributed by atoms with van der Waals surface area (Å²) in [5.74, 6) is 0. The van der Waals surface area contributed by atoms with E-state index in [0.29, 0.717) is 6.04 Å². The minimum atomic E-state index is -0.339. The summed E-state index contributed by atoms with van der Waals surface area (Å²) in [6.07, 6.45) is 2.02. The molecule has 0 aliphatic heterocycles. The highest BCUT2D eigenvalue weighted by Gasteiger charge is 2.13. The number of nitrogens with zero attached hydrogens (tertiary/aromatic N) is 2. The van der Waals surface area contributed by atoms with Crippen molar-refractivity contribution in [2.75, 3.05) is 26.7 Å².